The number of carboxylic acid groups (broad SMARTS) is 1. The van der Waals surface area contributed by atoms with E-state index in [0.717, 1.165) is 5.56 Å². The van der Waals surface area contributed by atoms with Crippen LogP contribution in [0.25, 0.3) is 33.1 Å². The average molecular weight is 335 g/mol. The van der Waals surface area contributed by atoms with Gasteiger partial charge >= 0.3 is 5.97 Å². The Morgan fingerprint density at radius 2 is 1.96 bits per heavy atom. The highest BCUT2D eigenvalue weighted by molar-refractivity contribution is 6.14. The molecule has 0 unspecified atom stereocenters. The molecule has 5 nitrogen and oxygen atoms in total. The molecule has 6 heteroatoms. The van der Waals surface area contributed by atoms with Gasteiger partial charge in [-0.25, -0.2) is 14.2 Å². The Morgan fingerprint density at radius 1 is 1.20 bits per heavy atom. The van der Waals surface area contributed by atoms with Crippen molar-refractivity contribution in [3.05, 3.63) is 65.6 Å². The highest BCUT2D eigenvalue weighted by Crippen LogP contribution is 2.35. The van der Waals surface area contributed by atoms with Gasteiger partial charge in [0.15, 0.2) is 5.69 Å². The molecule has 0 amide bonds. The number of aromatic amines is 1. The normalized spacial score (nSPS) is 11.3. The van der Waals surface area contributed by atoms with E-state index in [-0.39, 0.29) is 12.2 Å². The molecule has 0 spiro atoms. The van der Waals surface area contributed by atoms with Gasteiger partial charge in [0.1, 0.15) is 5.82 Å². The van der Waals surface area contributed by atoms with Gasteiger partial charge in [0.05, 0.1) is 11.2 Å². The van der Waals surface area contributed by atoms with Crippen LogP contribution in [-0.4, -0.2) is 21.0 Å². The molecule has 0 saturated heterocycles. The summed E-state index contributed by atoms with van der Waals surface area (Å²) in [5, 5.41) is 10.8. The maximum atomic E-state index is 13.8. The fourth-order valence-electron chi connectivity index (χ4n) is 3.19. The molecule has 0 bridgehead atoms. The Hall–Kier alpha value is -3.25. The molecule has 0 radical (unpaired) electrons. The van der Waals surface area contributed by atoms with Crippen LogP contribution in [0, 0.1) is 5.82 Å². The lowest BCUT2D eigenvalue weighted by Crippen LogP contribution is -2.11. The molecule has 4 rings (SSSR count). The molecule has 4 N–H and O–H groups in total. The van der Waals surface area contributed by atoms with Crippen LogP contribution in [-0.2, 0) is 6.54 Å². The van der Waals surface area contributed by atoms with Crippen molar-refractivity contribution in [2.75, 3.05) is 0 Å². The van der Waals surface area contributed by atoms with Gasteiger partial charge in [0, 0.05) is 34.0 Å². The summed E-state index contributed by atoms with van der Waals surface area (Å²) in [4.78, 5) is 19.3. The fourth-order valence-corrected chi connectivity index (χ4v) is 3.19. The Morgan fingerprint density at radius 3 is 2.64 bits per heavy atom. The SMILES string of the molecule is NCc1c(C(=O)O)nc(-c2ccccc2)c2[nH]c3ccc(F)cc3c12. The third kappa shape index (κ3) is 2.35. The molecular weight excluding hydrogens is 321 g/mol. The predicted octanol–water partition coefficient (Wildman–Crippen LogP) is 3.68. The first kappa shape index (κ1) is 15.3. The number of aromatic carboxylic acids is 1. The van der Waals surface area contributed by atoms with Gasteiger partial charge in [-0.2, -0.15) is 0 Å². The van der Waals surface area contributed by atoms with Crippen molar-refractivity contribution in [3.63, 3.8) is 0 Å². The summed E-state index contributed by atoms with van der Waals surface area (Å²) in [6.07, 6.45) is 0. The first-order valence-corrected chi connectivity index (χ1v) is 7.72. The zero-order valence-electron chi connectivity index (χ0n) is 13.1. The summed E-state index contributed by atoms with van der Waals surface area (Å²) >= 11 is 0. The summed E-state index contributed by atoms with van der Waals surface area (Å²) in [5.74, 6) is -1.56. The second-order valence-electron chi connectivity index (χ2n) is 5.73. The largest absolute Gasteiger partial charge is 0.477 e. The number of nitrogens with zero attached hydrogens (tertiary/aromatic N) is 1. The van der Waals surface area contributed by atoms with E-state index in [1.54, 1.807) is 6.07 Å². The maximum absolute atomic E-state index is 13.8. The minimum Gasteiger partial charge on any atom is -0.477 e. The van der Waals surface area contributed by atoms with Gasteiger partial charge in [-0.1, -0.05) is 30.3 Å². The molecule has 2 aromatic carbocycles. The molecule has 0 fully saturated rings. The van der Waals surface area contributed by atoms with E-state index < -0.39 is 11.8 Å². The second kappa shape index (κ2) is 5.68. The maximum Gasteiger partial charge on any atom is 0.354 e. The summed E-state index contributed by atoms with van der Waals surface area (Å²) in [5.41, 5.74) is 8.72. The number of H-pyrrole nitrogens is 1. The van der Waals surface area contributed by atoms with E-state index in [9.17, 15) is 14.3 Å². The molecule has 2 heterocycles. The Bertz CT molecular complexity index is 1120. The number of nitrogens with two attached hydrogens (primary N) is 1. The van der Waals surface area contributed by atoms with Gasteiger partial charge < -0.3 is 15.8 Å². The number of pyridine rings is 1. The average Bonchev–Trinajstić information content (AvgIpc) is 2.99. The number of hydrogen-bond acceptors (Lipinski definition) is 3. The summed E-state index contributed by atoms with van der Waals surface area (Å²) < 4.78 is 13.8. The zero-order valence-corrected chi connectivity index (χ0v) is 13.1. The topological polar surface area (TPSA) is 92.0 Å². The molecule has 4 aromatic rings. The Kier molecular flexibility index (Phi) is 3.47. The van der Waals surface area contributed by atoms with Crippen LogP contribution in [0.4, 0.5) is 4.39 Å². The van der Waals surface area contributed by atoms with Crippen molar-refractivity contribution >= 4 is 27.8 Å². The lowest BCUT2D eigenvalue weighted by Gasteiger charge is -2.10. The van der Waals surface area contributed by atoms with Crippen molar-refractivity contribution in [3.8, 4) is 11.3 Å². The highest BCUT2D eigenvalue weighted by Gasteiger charge is 2.22. The molecule has 0 aliphatic carbocycles. The lowest BCUT2D eigenvalue weighted by atomic mass is 10.0. The van der Waals surface area contributed by atoms with Crippen molar-refractivity contribution in [2.24, 2.45) is 5.73 Å². The third-order valence-corrected chi connectivity index (χ3v) is 4.26. The van der Waals surface area contributed by atoms with Crippen LogP contribution >= 0.6 is 0 Å². The van der Waals surface area contributed by atoms with Gasteiger partial charge in [0.2, 0.25) is 0 Å². The van der Waals surface area contributed by atoms with Crippen molar-refractivity contribution in [2.45, 2.75) is 6.54 Å². The Balaban J connectivity index is 2.23. The lowest BCUT2D eigenvalue weighted by molar-refractivity contribution is 0.0689. The number of halogens is 1. The van der Waals surface area contributed by atoms with E-state index in [2.05, 4.69) is 9.97 Å². The molecule has 0 aliphatic rings. The van der Waals surface area contributed by atoms with E-state index >= 15 is 0 Å². The van der Waals surface area contributed by atoms with Crippen LogP contribution in [0.1, 0.15) is 16.1 Å². The number of aromatic nitrogens is 2. The first-order valence-electron chi connectivity index (χ1n) is 7.72. The molecule has 2 aromatic heterocycles. The minimum absolute atomic E-state index is 0.0102. The minimum atomic E-state index is -1.16. The Labute approximate surface area is 141 Å². The molecule has 124 valence electrons. The smallest absolute Gasteiger partial charge is 0.354 e. The number of hydrogen-bond donors (Lipinski definition) is 3. The molecule has 25 heavy (non-hydrogen) atoms. The summed E-state index contributed by atoms with van der Waals surface area (Å²) in [6, 6.07) is 13.6. The van der Waals surface area contributed by atoms with Gasteiger partial charge in [-0.05, 0) is 18.2 Å². The fraction of sp³-hybridized carbons (Fsp3) is 0.0526. The molecule has 0 aliphatic heterocycles. The number of rotatable bonds is 3. The van der Waals surface area contributed by atoms with Crippen LogP contribution in [0.15, 0.2) is 48.5 Å². The summed E-state index contributed by atoms with van der Waals surface area (Å²) in [6.45, 7) is -0.0102. The number of carbonyl (C=O) groups is 1. The predicted molar refractivity (Wildman–Crippen MR) is 93.8 cm³/mol. The molecule has 0 saturated carbocycles. The third-order valence-electron chi connectivity index (χ3n) is 4.26. The number of nitrogens with one attached hydrogen (secondary N) is 1. The first-order chi connectivity index (χ1) is 12.1. The standard InChI is InChI=1S/C19H14FN3O2/c20-11-6-7-14-12(8-11)15-13(9-21)17(19(24)25)23-16(18(15)22-14)10-4-2-1-3-5-10/h1-8,22H,9,21H2,(H,24,25). The molecular formula is C19H14FN3O2. The molecule has 0 atom stereocenters. The van der Waals surface area contributed by atoms with Gasteiger partial charge in [-0.15, -0.1) is 0 Å². The number of fused-ring (bicyclic) bond motifs is 3. The van der Waals surface area contributed by atoms with E-state index in [1.807, 2.05) is 30.3 Å². The van der Waals surface area contributed by atoms with E-state index in [0.29, 0.717) is 33.1 Å². The van der Waals surface area contributed by atoms with Crippen LogP contribution < -0.4 is 5.73 Å². The van der Waals surface area contributed by atoms with Gasteiger partial charge in [0.25, 0.3) is 0 Å². The number of benzene rings is 2. The van der Waals surface area contributed by atoms with E-state index in [1.165, 1.54) is 12.1 Å². The van der Waals surface area contributed by atoms with Crippen molar-refractivity contribution in [1.29, 1.82) is 0 Å². The monoisotopic (exact) mass is 335 g/mol. The van der Waals surface area contributed by atoms with Crippen molar-refractivity contribution < 1.29 is 14.3 Å². The van der Waals surface area contributed by atoms with Crippen molar-refractivity contribution in [1.82, 2.24) is 9.97 Å². The van der Waals surface area contributed by atoms with E-state index in [4.69, 9.17) is 5.73 Å². The zero-order chi connectivity index (χ0) is 17.6. The number of carboxylic acids is 1. The quantitative estimate of drug-likeness (QED) is 0.532. The van der Waals surface area contributed by atoms with Crippen LogP contribution in [0.5, 0.6) is 0 Å². The summed E-state index contributed by atoms with van der Waals surface area (Å²) in [7, 11) is 0. The van der Waals surface area contributed by atoms with Gasteiger partial charge in [-0.3, -0.25) is 0 Å². The second-order valence-corrected chi connectivity index (χ2v) is 5.73. The highest BCUT2D eigenvalue weighted by atomic mass is 19.1. The van der Waals surface area contributed by atoms with Crippen LogP contribution in [0.2, 0.25) is 0 Å². The van der Waals surface area contributed by atoms with Crippen LogP contribution in [0.3, 0.4) is 0 Å².